The number of amides is 1. The van der Waals surface area contributed by atoms with Gasteiger partial charge in [0.2, 0.25) is 5.88 Å². The van der Waals surface area contributed by atoms with Crippen LogP contribution in [0.4, 0.5) is 4.79 Å². The van der Waals surface area contributed by atoms with Crippen LogP contribution in [0.25, 0.3) is 0 Å². The van der Waals surface area contributed by atoms with Gasteiger partial charge in [-0.3, -0.25) is 0 Å². The third kappa shape index (κ3) is 5.71. The second-order valence-electron chi connectivity index (χ2n) is 6.92. The molecule has 1 saturated heterocycles. The molecular formula is C17H27N3O3. The fourth-order valence-electron chi connectivity index (χ4n) is 2.55. The lowest BCUT2D eigenvalue weighted by Gasteiger charge is -2.24. The summed E-state index contributed by atoms with van der Waals surface area (Å²) in [6.45, 7) is 8.84. The Bertz CT molecular complexity index is 511. The van der Waals surface area contributed by atoms with E-state index in [0.717, 1.165) is 38.2 Å². The molecule has 1 N–H and O–H groups in total. The number of nitrogens with one attached hydrogen (secondary N) is 1. The predicted octanol–water partition coefficient (Wildman–Crippen LogP) is 2.44. The highest BCUT2D eigenvalue weighted by atomic mass is 16.6. The van der Waals surface area contributed by atoms with Gasteiger partial charge in [-0.2, -0.15) is 0 Å². The van der Waals surface area contributed by atoms with Gasteiger partial charge in [-0.1, -0.05) is 6.07 Å². The van der Waals surface area contributed by atoms with E-state index < -0.39 is 5.60 Å². The summed E-state index contributed by atoms with van der Waals surface area (Å²) in [4.78, 5) is 18.0. The molecular weight excluding hydrogens is 294 g/mol. The van der Waals surface area contributed by atoms with Gasteiger partial charge < -0.3 is 19.7 Å². The molecule has 0 spiro atoms. The first-order valence-electron chi connectivity index (χ1n) is 8.05. The predicted molar refractivity (Wildman–Crippen MR) is 88.4 cm³/mol. The van der Waals surface area contributed by atoms with Crippen molar-refractivity contribution in [3.8, 4) is 5.88 Å². The summed E-state index contributed by atoms with van der Waals surface area (Å²) in [6.07, 6.45) is 2.61. The Hall–Kier alpha value is -1.82. The molecule has 2 rings (SSSR count). The van der Waals surface area contributed by atoms with Gasteiger partial charge in [-0.25, -0.2) is 9.78 Å². The van der Waals surface area contributed by atoms with Crippen molar-refractivity contribution >= 4 is 6.09 Å². The fraction of sp³-hybridized carbons (Fsp3) is 0.647. The second-order valence-corrected chi connectivity index (χ2v) is 6.92. The SMILES string of the molecule is COc1ccc(CNCC2CCN(C(=O)OC(C)(C)C)C2)cn1. The lowest BCUT2D eigenvalue weighted by atomic mass is 10.1. The number of rotatable bonds is 5. The van der Waals surface area contributed by atoms with Crippen LogP contribution in [-0.4, -0.2) is 48.3 Å². The summed E-state index contributed by atoms with van der Waals surface area (Å²) >= 11 is 0. The number of hydrogen-bond donors (Lipinski definition) is 1. The largest absolute Gasteiger partial charge is 0.481 e. The van der Waals surface area contributed by atoms with Crippen LogP contribution in [0.1, 0.15) is 32.8 Å². The minimum atomic E-state index is -0.436. The van der Waals surface area contributed by atoms with Crippen molar-refractivity contribution in [3.63, 3.8) is 0 Å². The van der Waals surface area contributed by atoms with Crippen molar-refractivity contribution in [3.05, 3.63) is 23.9 Å². The number of nitrogens with zero attached hydrogens (tertiary/aromatic N) is 2. The average Bonchev–Trinajstić information content (AvgIpc) is 2.95. The van der Waals surface area contributed by atoms with Gasteiger partial charge in [0.1, 0.15) is 5.60 Å². The van der Waals surface area contributed by atoms with Crippen LogP contribution < -0.4 is 10.1 Å². The summed E-state index contributed by atoms with van der Waals surface area (Å²) in [6, 6.07) is 3.86. The highest BCUT2D eigenvalue weighted by Gasteiger charge is 2.29. The molecule has 0 bridgehead atoms. The van der Waals surface area contributed by atoms with Crippen molar-refractivity contribution in [1.82, 2.24) is 15.2 Å². The molecule has 6 nitrogen and oxygen atoms in total. The van der Waals surface area contributed by atoms with E-state index in [-0.39, 0.29) is 6.09 Å². The van der Waals surface area contributed by atoms with Crippen LogP contribution in [0.2, 0.25) is 0 Å². The van der Waals surface area contributed by atoms with Gasteiger partial charge in [0.15, 0.2) is 0 Å². The number of methoxy groups -OCH3 is 1. The molecule has 0 aliphatic carbocycles. The van der Waals surface area contributed by atoms with Crippen LogP contribution in [-0.2, 0) is 11.3 Å². The molecule has 6 heteroatoms. The normalized spacial score (nSPS) is 18.1. The molecule has 1 aliphatic heterocycles. The third-order valence-corrected chi connectivity index (χ3v) is 3.71. The van der Waals surface area contributed by atoms with Crippen molar-refractivity contribution < 1.29 is 14.3 Å². The van der Waals surface area contributed by atoms with E-state index in [9.17, 15) is 4.79 Å². The van der Waals surface area contributed by atoms with Crippen LogP contribution in [0.5, 0.6) is 5.88 Å². The maximum Gasteiger partial charge on any atom is 0.410 e. The molecule has 1 unspecified atom stereocenters. The quantitative estimate of drug-likeness (QED) is 0.902. The molecule has 1 fully saturated rings. The first-order chi connectivity index (χ1) is 10.9. The Labute approximate surface area is 138 Å². The van der Waals surface area contributed by atoms with Crippen molar-refractivity contribution in [2.24, 2.45) is 5.92 Å². The maximum absolute atomic E-state index is 12.0. The van der Waals surface area contributed by atoms with E-state index in [1.165, 1.54) is 0 Å². The molecule has 1 aliphatic rings. The van der Waals surface area contributed by atoms with Crippen molar-refractivity contribution in [1.29, 1.82) is 0 Å². The first-order valence-corrected chi connectivity index (χ1v) is 8.05. The van der Waals surface area contributed by atoms with Crippen LogP contribution in [0.15, 0.2) is 18.3 Å². The zero-order valence-electron chi connectivity index (χ0n) is 14.5. The number of likely N-dealkylation sites (tertiary alicyclic amines) is 1. The highest BCUT2D eigenvalue weighted by molar-refractivity contribution is 5.68. The van der Waals surface area contributed by atoms with E-state index in [2.05, 4.69) is 10.3 Å². The molecule has 0 saturated carbocycles. The second kappa shape index (κ2) is 7.64. The Morgan fingerprint density at radius 3 is 2.83 bits per heavy atom. The zero-order chi connectivity index (χ0) is 16.9. The summed E-state index contributed by atoms with van der Waals surface area (Å²) in [5, 5.41) is 3.43. The average molecular weight is 321 g/mol. The number of ether oxygens (including phenoxy) is 2. The summed E-state index contributed by atoms with van der Waals surface area (Å²) in [5.74, 6) is 1.09. The van der Waals surface area contributed by atoms with Gasteiger partial charge in [0.05, 0.1) is 7.11 Å². The molecule has 0 radical (unpaired) electrons. The minimum absolute atomic E-state index is 0.209. The lowest BCUT2D eigenvalue weighted by Crippen LogP contribution is -2.36. The van der Waals surface area contributed by atoms with Crippen LogP contribution >= 0.6 is 0 Å². The Kier molecular flexibility index (Phi) is 5.82. The number of pyridine rings is 1. The number of aromatic nitrogens is 1. The van der Waals surface area contributed by atoms with Gasteiger partial charge in [0, 0.05) is 38.4 Å². The molecule has 128 valence electrons. The van der Waals surface area contributed by atoms with Gasteiger partial charge in [0.25, 0.3) is 0 Å². The van der Waals surface area contributed by atoms with E-state index in [1.54, 1.807) is 12.0 Å². The topological polar surface area (TPSA) is 63.7 Å². The standard InChI is InChI=1S/C17H27N3O3/c1-17(2,3)23-16(21)20-8-7-14(12-20)10-18-9-13-5-6-15(22-4)19-11-13/h5-6,11,14,18H,7-10,12H2,1-4H3. The smallest absolute Gasteiger partial charge is 0.410 e. The van der Waals surface area contributed by atoms with Crippen molar-refractivity contribution in [2.45, 2.75) is 39.3 Å². The highest BCUT2D eigenvalue weighted by Crippen LogP contribution is 2.19. The summed E-state index contributed by atoms with van der Waals surface area (Å²) < 4.78 is 10.5. The van der Waals surface area contributed by atoms with Crippen molar-refractivity contribution in [2.75, 3.05) is 26.7 Å². The van der Waals surface area contributed by atoms with E-state index in [1.807, 2.05) is 39.1 Å². The zero-order valence-corrected chi connectivity index (χ0v) is 14.5. The number of carbonyl (C=O) groups is 1. The van der Waals surface area contributed by atoms with Gasteiger partial charge in [-0.15, -0.1) is 0 Å². The van der Waals surface area contributed by atoms with E-state index in [4.69, 9.17) is 9.47 Å². The molecule has 1 aromatic heterocycles. The first kappa shape index (κ1) is 17.5. The summed E-state index contributed by atoms with van der Waals surface area (Å²) in [7, 11) is 1.61. The molecule has 23 heavy (non-hydrogen) atoms. The Morgan fingerprint density at radius 1 is 1.43 bits per heavy atom. The van der Waals surface area contributed by atoms with Gasteiger partial charge >= 0.3 is 6.09 Å². The van der Waals surface area contributed by atoms with E-state index >= 15 is 0 Å². The monoisotopic (exact) mass is 321 g/mol. The Morgan fingerprint density at radius 2 is 2.22 bits per heavy atom. The number of hydrogen-bond acceptors (Lipinski definition) is 5. The Balaban J connectivity index is 1.70. The molecule has 1 atom stereocenters. The van der Waals surface area contributed by atoms with E-state index in [0.29, 0.717) is 11.8 Å². The minimum Gasteiger partial charge on any atom is -0.481 e. The fourth-order valence-corrected chi connectivity index (χ4v) is 2.55. The van der Waals surface area contributed by atoms with Crippen LogP contribution in [0, 0.1) is 5.92 Å². The lowest BCUT2D eigenvalue weighted by molar-refractivity contribution is 0.0288. The molecule has 2 heterocycles. The third-order valence-electron chi connectivity index (χ3n) is 3.71. The number of carbonyl (C=O) groups excluding carboxylic acids is 1. The summed E-state index contributed by atoms with van der Waals surface area (Å²) in [5.41, 5.74) is 0.683. The molecule has 0 aromatic carbocycles. The van der Waals surface area contributed by atoms with Gasteiger partial charge in [-0.05, 0) is 38.7 Å². The maximum atomic E-state index is 12.0. The molecule has 1 aromatic rings. The molecule has 1 amide bonds. The van der Waals surface area contributed by atoms with Crippen LogP contribution in [0.3, 0.4) is 0 Å².